The van der Waals surface area contributed by atoms with Gasteiger partial charge in [0.15, 0.2) is 0 Å². The van der Waals surface area contributed by atoms with Crippen molar-refractivity contribution in [2.45, 2.75) is 6.92 Å². The second-order valence-electron chi connectivity index (χ2n) is 10.7. The Hall–Kier alpha value is -5.34. The average Bonchev–Trinajstić information content (AvgIpc) is 3.03. The van der Waals surface area contributed by atoms with Gasteiger partial charge < -0.3 is 0 Å². The van der Waals surface area contributed by atoms with Crippen molar-refractivity contribution in [3.05, 3.63) is 145 Å². The van der Waals surface area contributed by atoms with Crippen LogP contribution in [0.4, 0.5) is 0 Å². The highest BCUT2D eigenvalue weighted by Crippen LogP contribution is 2.45. The number of benzene rings is 7. The van der Waals surface area contributed by atoms with Crippen molar-refractivity contribution in [2.75, 3.05) is 0 Å². The fourth-order valence-electron chi connectivity index (χ4n) is 6.34. The van der Waals surface area contributed by atoms with E-state index in [1.165, 1.54) is 65.3 Å². The zero-order valence-electron chi connectivity index (χ0n) is 22.7. The summed E-state index contributed by atoms with van der Waals surface area (Å²) in [5.74, 6) is 0. The maximum atomic E-state index is 4.66. The van der Waals surface area contributed by atoms with E-state index >= 15 is 0 Å². The molecule has 0 bridgehead atoms. The van der Waals surface area contributed by atoms with Gasteiger partial charge in [0.05, 0.1) is 5.69 Å². The molecular weight excluding hydrogens is 496 g/mol. The van der Waals surface area contributed by atoms with E-state index in [4.69, 9.17) is 0 Å². The van der Waals surface area contributed by atoms with Gasteiger partial charge in [-0.15, -0.1) is 0 Å². The number of aryl methyl sites for hydroxylation is 1. The van der Waals surface area contributed by atoms with Crippen molar-refractivity contribution in [1.82, 2.24) is 9.97 Å². The number of nitrogens with zero attached hydrogens (tertiary/aromatic N) is 2. The SMILES string of the molecule is Cc1cncnc1-c1ccc2c(-c3ccc4ccccc4c3)c3ccccc3c(-c3ccc4ccccc4c3)c2c1. The molecule has 2 nitrogen and oxygen atoms in total. The first-order chi connectivity index (χ1) is 20.2. The molecule has 8 aromatic rings. The molecule has 0 amide bonds. The van der Waals surface area contributed by atoms with Gasteiger partial charge in [-0.25, -0.2) is 9.97 Å². The van der Waals surface area contributed by atoms with Crippen molar-refractivity contribution in [1.29, 1.82) is 0 Å². The maximum Gasteiger partial charge on any atom is 0.116 e. The number of aromatic nitrogens is 2. The number of rotatable bonds is 3. The first-order valence-electron chi connectivity index (χ1n) is 14.0. The van der Waals surface area contributed by atoms with Crippen LogP contribution in [0.2, 0.25) is 0 Å². The highest BCUT2D eigenvalue weighted by atomic mass is 14.8. The summed E-state index contributed by atoms with van der Waals surface area (Å²) in [6, 6.07) is 46.5. The fraction of sp³-hybridized carbons (Fsp3) is 0.0256. The second-order valence-corrected chi connectivity index (χ2v) is 10.7. The third kappa shape index (κ3) is 3.88. The number of fused-ring (bicyclic) bond motifs is 4. The second kappa shape index (κ2) is 9.39. The lowest BCUT2D eigenvalue weighted by atomic mass is 9.84. The van der Waals surface area contributed by atoms with E-state index in [0.717, 1.165) is 16.8 Å². The Morgan fingerprint density at radius 2 is 0.951 bits per heavy atom. The minimum atomic E-state index is 0.965. The monoisotopic (exact) mass is 522 g/mol. The summed E-state index contributed by atoms with van der Waals surface area (Å²) >= 11 is 0. The standard InChI is InChI=1S/C39H26N2/c1-25-23-40-24-41-39(25)32-18-19-35-36(22-32)38(31-17-15-27-9-3-5-11-29(27)21-31)34-13-7-6-12-33(34)37(35)30-16-14-26-8-2-4-10-28(26)20-30/h2-24H,1H3. The molecule has 0 atom stereocenters. The van der Waals surface area contributed by atoms with E-state index in [2.05, 4.69) is 144 Å². The quantitative estimate of drug-likeness (QED) is 0.216. The van der Waals surface area contributed by atoms with Crippen molar-refractivity contribution in [3.63, 3.8) is 0 Å². The molecule has 41 heavy (non-hydrogen) atoms. The molecular formula is C39H26N2. The van der Waals surface area contributed by atoms with E-state index in [-0.39, 0.29) is 0 Å². The number of hydrogen-bond acceptors (Lipinski definition) is 2. The van der Waals surface area contributed by atoms with E-state index in [1.807, 2.05) is 6.20 Å². The van der Waals surface area contributed by atoms with Crippen LogP contribution in [0.25, 0.3) is 76.6 Å². The zero-order valence-corrected chi connectivity index (χ0v) is 22.7. The zero-order chi connectivity index (χ0) is 27.3. The molecule has 0 spiro atoms. The minimum absolute atomic E-state index is 0.965. The van der Waals surface area contributed by atoms with Gasteiger partial charge >= 0.3 is 0 Å². The Morgan fingerprint density at radius 1 is 0.439 bits per heavy atom. The molecule has 0 saturated heterocycles. The Labute approximate surface area is 238 Å². The largest absolute Gasteiger partial charge is 0.245 e. The van der Waals surface area contributed by atoms with E-state index < -0.39 is 0 Å². The summed E-state index contributed by atoms with van der Waals surface area (Å²) in [5, 5.41) is 9.93. The van der Waals surface area contributed by atoms with Crippen LogP contribution >= 0.6 is 0 Å². The fourth-order valence-corrected chi connectivity index (χ4v) is 6.34. The summed E-state index contributed by atoms with van der Waals surface area (Å²) in [4.78, 5) is 8.90. The predicted molar refractivity (Wildman–Crippen MR) is 173 cm³/mol. The van der Waals surface area contributed by atoms with E-state index in [1.54, 1.807) is 6.33 Å². The Morgan fingerprint density at radius 3 is 1.56 bits per heavy atom. The maximum absolute atomic E-state index is 4.66. The lowest BCUT2D eigenvalue weighted by Crippen LogP contribution is -1.94. The third-order valence-electron chi connectivity index (χ3n) is 8.27. The third-order valence-corrected chi connectivity index (χ3v) is 8.27. The van der Waals surface area contributed by atoms with E-state index in [9.17, 15) is 0 Å². The molecule has 1 heterocycles. The molecule has 0 aliphatic rings. The van der Waals surface area contributed by atoms with Crippen LogP contribution in [0.15, 0.2) is 140 Å². The van der Waals surface area contributed by atoms with Crippen molar-refractivity contribution < 1.29 is 0 Å². The molecule has 192 valence electrons. The molecule has 0 radical (unpaired) electrons. The van der Waals surface area contributed by atoms with Gasteiger partial charge in [0.1, 0.15) is 6.33 Å². The van der Waals surface area contributed by atoms with Crippen molar-refractivity contribution in [2.24, 2.45) is 0 Å². The Balaban J connectivity index is 1.52. The molecule has 0 saturated carbocycles. The topological polar surface area (TPSA) is 25.8 Å². The summed E-state index contributed by atoms with van der Waals surface area (Å²) in [6.45, 7) is 2.07. The van der Waals surface area contributed by atoms with Gasteiger partial charge in [0.2, 0.25) is 0 Å². The average molecular weight is 523 g/mol. The molecule has 8 rings (SSSR count). The normalized spacial score (nSPS) is 11.5. The first kappa shape index (κ1) is 23.5. The summed E-state index contributed by atoms with van der Waals surface area (Å²) < 4.78 is 0. The van der Waals surface area contributed by atoms with Gasteiger partial charge in [0.25, 0.3) is 0 Å². The molecule has 0 aliphatic carbocycles. The van der Waals surface area contributed by atoms with Crippen LogP contribution in [0.5, 0.6) is 0 Å². The van der Waals surface area contributed by atoms with Crippen LogP contribution in [-0.2, 0) is 0 Å². The molecule has 1 aromatic heterocycles. The first-order valence-corrected chi connectivity index (χ1v) is 14.0. The van der Waals surface area contributed by atoms with Crippen molar-refractivity contribution >= 4 is 43.1 Å². The van der Waals surface area contributed by atoms with Gasteiger partial charge in [0, 0.05) is 11.8 Å². The van der Waals surface area contributed by atoms with Crippen LogP contribution < -0.4 is 0 Å². The van der Waals surface area contributed by atoms with Crippen LogP contribution in [0.3, 0.4) is 0 Å². The van der Waals surface area contributed by atoms with Gasteiger partial charge in [-0.3, -0.25) is 0 Å². The van der Waals surface area contributed by atoms with Crippen molar-refractivity contribution in [3.8, 4) is 33.5 Å². The predicted octanol–water partition coefficient (Wildman–Crippen LogP) is 10.4. The molecule has 0 fully saturated rings. The molecule has 2 heteroatoms. The minimum Gasteiger partial charge on any atom is -0.245 e. The molecule has 0 unspecified atom stereocenters. The van der Waals surface area contributed by atoms with Crippen LogP contribution in [-0.4, -0.2) is 9.97 Å². The molecule has 7 aromatic carbocycles. The van der Waals surface area contributed by atoms with Gasteiger partial charge in [-0.05, 0) is 96.0 Å². The van der Waals surface area contributed by atoms with Gasteiger partial charge in [-0.2, -0.15) is 0 Å². The lowest BCUT2D eigenvalue weighted by molar-refractivity contribution is 1.13. The highest BCUT2D eigenvalue weighted by Gasteiger charge is 2.18. The van der Waals surface area contributed by atoms with E-state index in [0.29, 0.717) is 0 Å². The van der Waals surface area contributed by atoms with Crippen LogP contribution in [0, 0.1) is 6.92 Å². The Bertz CT molecular complexity index is 2280. The highest BCUT2D eigenvalue weighted by molar-refractivity contribution is 6.22. The molecule has 0 N–H and O–H groups in total. The smallest absolute Gasteiger partial charge is 0.116 e. The summed E-state index contributed by atoms with van der Waals surface area (Å²) in [6.07, 6.45) is 3.52. The van der Waals surface area contributed by atoms with Gasteiger partial charge in [-0.1, -0.05) is 109 Å². The Kier molecular flexibility index (Phi) is 5.39. The number of hydrogen-bond donors (Lipinski definition) is 0. The summed E-state index contributed by atoms with van der Waals surface area (Å²) in [7, 11) is 0. The van der Waals surface area contributed by atoms with Crippen LogP contribution in [0.1, 0.15) is 5.56 Å². The summed E-state index contributed by atoms with van der Waals surface area (Å²) in [5.41, 5.74) is 8.07. The lowest BCUT2D eigenvalue weighted by Gasteiger charge is -2.19. The molecule has 0 aliphatic heterocycles.